The quantitative estimate of drug-likeness (QED) is 0.199. The number of Topliss-reactive ketones (excluding diaryl/α,β-unsaturated/α-hetero) is 2. The second-order valence-corrected chi connectivity index (χ2v) is 11.1. The molecule has 2 unspecified atom stereocenters. The summed E-state index contributed by atoms with van der Waals surface area (Å²) in [6.45, 7) is 2.82. The minimum atomic E-state index is -1.13. The topological polar surface area (TPSA) is 151 Å². The average molecular weight is 577 g/mol. The molecular weight excluding hydrogens is 535 g/mol. The van der Waals surface area contributed by atoms with Crippen molar-refractivity contribution in [2.75, 3.05) is 6.54 Å². The first kappa shape index (κ1) is 32.5. The zero-order chi connectivity index (χ0) is 30.6. The highest BCUT2D eigenvalue weighted by Gasteiger charge is 2.34. The average Bonchev–Trinajstić information content (AvgIpc) is 2.97. The van der Waals surface area contributed by atoms with Crippen LogP contribution < -0.4 is 21.3 Å². The van der Waals surface area contributed by atoms with Crippen LogP contribution in [0.5, 0.6) is 0 Å². The van der Waals surface area contributed by atoms with E-state index in [0.717, 1.165) is 48.4 Å². The molecule has 2 aromatic rings. The Morgan fingerprint density at radius 2 is 1.52 bits per heavy atom. The zero-order valence-electron chi connectivity index (χ0n) is 24.7. The molecule has 1 aliphatic rings. The number of benzene rings is 2. The van der Waals surface area contributed by atoms with Crippen molar-refractivity contribution >= 4 is 53.7 Å². The largest absolute Gasteiger partial charge is 0.353 e. The Labute approximate surface area is 247 Å². The summed E-state index contributed by atoms with van der Waals surface area (Å²) in [5.74, 6) is -3.59. The van der Waals surface area contributed by atoms with E-state index in [-0.39, 0.29) is 36.9 Å². The first-order valence-corrected chi connectivity index (χ1v) is 14.8. The number of hydrogen-bond acceptors (Lipinski definition) is 6. The first-order valence-electron chi connectivity index (χ1n) is 14.8. The highest BCUT2D eigenvalue weighted by molar-refractivity contribution is 6.57. The molecule has 1 aliphatic carbocycles. The molecule has 10 nitrogen and oxygen atoms in total. The number of carbonyl (C=O) groups excluding carboxylic acids is 6. The van der Waals surface area contributed by atoms with Crippen LogP contribution in [0.1, 0.15) is 64.4 Å². The Bertz CT molecular complexity index is 1310. The predicted octanol–water partition coefficient (Wildman–Crippen LogP) is 1.72. The lowest BCUT2D eigenvalue weighted by molar-refractivity contribution is -0.141. The molecule has 3 rings (SSSR count). The fraction of sp³-hybridized carbons (Fsp3) is 0.484. The summed E-state index contributed by atoms with van der Waals surface area (Å²) in [6, 6.07) is 10.5. The Hall–Kier alpha value is -4.02. The van der Waals surface area contributed by atoms with E-state index in [2.05, 4.69) is 21.3 Å². The van der Waals surface area contributed by atoms with Gasteiger partial charge < -0.3 is 21.3 Å². The second-order valence-electron chi connectivity index (χ2n) is 11.1. The molecule has 1 saturated carbocycles. The van der Waals surface area contributed by atoms with E-state index in [1.807, 2.05) is 49.4 Å². The van der Waals surface area contributed by atoms with Crippen molar-refractivity contribution in [3.05, 3.63) is 48.0 Å². The number of fused-ring (bicyclic) bond motifs is 1. The van der Waals surface area contributed by atoms with Crippen LogP contribution >= 0.6 is 0 Å². The predicted molar refractivity (Wildman–Crippen MR) is 163 cm³/mol. The van der Waals surface area contributed by atoms with Gasteiger partial charge in [-0.05, 0) is 48.4 Å². The Kier molecular flexibility index (Phi) is 12.3. The van der Waals surface area contributed by atoms with Crippen LogP contribution in [0.2, 0.25) is 0 Å². The lowest BCUT2D eigenvalue weighted by atomic mass is 9.83. The number of ketones is 2. The molecule has 0 saturated heterocycles. The van der Waals surface area contributed by atoms with Gasteiger partial charge in [0.05, 0.1) is 12.6 Å². The van der Waals surface area contributed by atoms with Crippen molar-refractivity contribution in [2.24, 2.45) is 5.92 Å². The maximum atomic E-state index is 13.7. The van der Waals surface area contributed by atoms with Gasteiger partial charge >= 0.3 is 0 Å². The number of rotatable bonds is 14. The Morgan fingerprint density at radius 3 is 2.17 bits per heavy atom. The van der Waals surface area contributed by atoms with Crippen LogP contribution in [0.3, 0.4) is 0 Å². The van der Waals surface area contributed by atoms with Gasteiger partial charge in [0.2, 0.25) is 25.4 Å². The SMILES string of the molecule is BC(=O)NC(C(=O)N[C@@H](Cc1ccc2ccccc2c1)C(=O)NC(CCC)C(=O)C(=O)NCC(C)=O)C1CCCCC1. The summed E-state index contributed by atoms with van der Waals surface area (Å²) < 4.78 is 0. The van der Waals surface area contributed by atoms with E-state index < -0.39 is 41.6 Å². The molecule has 0 radical (unpaired) electrons. The molecule has 2 aromatic carbocycles. The van der Waals surface area contributed by atoms with Crippen LogP contribution in [0.4, 0.5) is 4.79 Å². The van der Waals surface area contributed by atoms with Crippen molar-refractivity contribution in [1.82, 2.24) is 21.3 Å². The van der Waals surface area contributed by atoms with Gasteiger partial charge in [0, 0.05) is 6.42 Å². The summed E-state index contributed by atoms with van der Waals surface area (Å²) in [5.41, 5.74) is 0.792. The molecule has 0 aromatic heterocycles. The zero-order valence-corrected chi connectivity index (χ0v) is 24.7. The number of carbonyl (C=O) groups is 6. The molecule has 0 heterocycles. The lowest BCUT2D eigenvalue weighted by Gasteiger charge is -2.31. The lowest BCUT2D eigenvalue weighted by Crippen LogP contribution is -2.58. The van der Waals surface area contributed by atoms with Crippen LogP contribution in [0, 0.1) is 5.92 Å². The molecule has 4 amide bonds. The van der Waals surface area contributed by atoms with E-state index >= 15 is 0 Å². The van der Waals surface area contributed by atoms with Gasteiger partial charge in [-0.3, -0.25) is 28.8 Å². The molecule has 0 aliphatic heterocycles. The third-order valence-corrected chi connectivity index (χ3v) is 7.58. The molecule has 1 fully saturated rings. The summed E-state index contributed by atoms with van der Waals surface area (Å²) in [7, 11) is 1.36. The van der Waals surface area contributed by atoms with Gasteiger partial charge in [-0.2, -0.15) is 0 Å². The van der Waals surface area contributed by atoms with Crippen molar-refractivity contribution in [3.63, 3.8) is 0 Å². The Morgan fingerprint density at radius 1 is 0.857 bits per heavy atom. The molecule has 11 heteroatoms. The maximum Gasteiger partial charge on any atom is 0.289 e. The fourth-order valence-electron chi connectivity index (χ4n) is 5.44. The van der Waals surface area contributed by atoms with E-state index in [1.54, 1.807) is 0 Å². The van der Waals surface area contributed by atoms with Gasteiger partial charge in [-0.1, -0.05) is 75.1 Å². The smallest absolute Gasteiger partial charge is 0.289 e. The van der Waals surface area contributed by atoms with Crippen LogP contribution in [-0.4, -0.2) is 67.6 Å². The van der Waals surface area contributed by atoms with E-state index in [9.17, 15) is 28.8 Å². The summed E-state index contributed by atoms with van der Waals surface area (Å²) >= 11 is 0. The van der Waals surface area contributed by atoms with E-state index in [4.69, 9.17) is 0 Å². The highest BCUT2D eigenvalue weighted by atomic mass is 16.2. The highest BCUT2D eigenvalue weighted by Crippen LogP contribution is 2.27. The van der Waals surface area contributed by atoms with Crippen LogP contribution in [-0.2, 0) is 30.4 Å². The van der Waals surface area contributed by atoms with Crippen molar-refractivity contribution < 1.29 is 28.8 Å². The molecule has 0 spiro atoms. The van der Waals surface area contributed by atoms with Crippen molar-refractivity contribution in [2.45, 2.75) is 83.3 Å². The van der Waals surface area contributed by atoms with Gasteiger partial charge in [-0.15, -0.1) is 0 Å². The number of nitrogens with one attached hydrogen (secondary N) is 4. The van der Waals surface area contributed by atoms with Gasteiger partial charge in [-0.25, -0.2) is 0 Å². The normalized spacial score (nSPS) is 15.6. The Balaban J connectivity index is 1.86. The molecule has 0 bridgehead atoms. The van der Waals surface area contributed by atoms with Gasteiger partial charge in [0.15, 0.2) is 5.81 Å². The van der Waals surface area contributed by atoms with E-state index in [1.165, 1.54) is 14.8 Å². The molecule has 224 valence electrons. The fourth-order valence-corrected chi connectivity index (χ4v) is 5.44. The monoisotopic (exact) mass is 576 g/mol. The number of amides is 4. The molecule has 3 atom stereocenters. The number of hydrogen-bond donors (Lipinski definition) is 4. The molecule has 42 heavy (non-hydrogen) atoms. The minimum Gasteiger partial charge on any atom is -0.353 e. The summed E-state index contributed by atoms with van der Waals surface area (Å²) in [5, 5.41) is 12.6. The summed E-state index contributed by atoms with van der Waals surface area (Å²) in [4.78, 5) is 75.9. The van der Waals surface area contributed by atoms with Crippen molar-refractivity contribution in [1.29, 1.82) is 0 Å². The third kappa shape index (κ3) is 9.53. The van der Waals surface area contributed by atoms with Gasteiger partial charge in [0.1, 0.15) is 17.9 Å². The standard InChI is InChI=1S/C31H41BN4O6/c1-3-9-24(27(38)30(41)33-18-19(2)37)34-28(39)25(17-20-14-15-21-10-7-8-13-23(21)16-20)35-29(40)26(36-31(32)42)22-11-5-4-6-12-22/h7-8,10,13-16,22,24-26H,3-6,9,11-12,17-18,32H2,1-2H3,(H,33,41)(H,34,39)(H,35,40)(H,36,42)/t24?,25-,26?/m0/s1. The van der Waals surface area contributed by atoms with Crippen LogP contribution in [0.25, 0.3) is 10.8 Å². The van der Waals surface area contributed by atoms with Crippen LogP contribution in [0.15, 0.2) is 42.5 Å². The summed E-state index contributed by atoms with van der Waals surface area (Å²) in [6.07, 6.45) is 5.41. The van der Waals surface area contributed by atoms with E-state index in [0.29, 0.717) is 6.42 Å². The minimum absolute atomic E-state index is 0.0496. The molecule has 4 N–H and O–H groups in total. The maximum absolute atomic E-state index is 13.7. The second kappa shape index (κ2) is 15.8. The van der Waals surface area contributed by atoms with Gasteiger partial charge in [0.25, 0.3) is 5.91 Å². The molecular formula is C31H41BN4O6. The first-order chi connectivity index (χ1) is 20.1. The third-order valence-electron chi connectivity index (χ3n) is 7.58. The van der Waals surface area contributed by atoms with Crippen molar-refractivity contribution in [3.8, 4) is 0 Å².